The highest BCUT2D eigenvalue weighted by Gasteiger charge is 2.68. The van der Waals surface area contributed by atoms with E-state index in [2.05, 4.69) is 4.90 Å². The number of likely N-dealkylation sites (tertiary alicyclic amines) is 1. The third kappa shape index (κ3) is 3.37. The van der Waals surface area contributed by atoms with Crippen molar-refractivity contribution in [3.63, 3.8) is 0 Å². The Morgan fingerprint density at radius 1 is 0.973 bits per heavy atom. The van der Waals surface area contributed by atoms with E-state index in [-0.39, 0.29) is 42.4 Å². The van der Waals surface area contributed by atoms with Crippen LogP contribution in [0.5, 0.6) is 11.5 Å². The normalized spacial score (nSPS) is 28.5. The van der Waals surface area contributed by atoms with E-state index in [0.717, 1.165) is 28.3 Å². The summed E-state index contributed by atoms with van der Waals surface area (Å²) in [5.74, 6) is 0.618. The summed E-state index contributed by atoms with van der Waals surface area (Å²) in [6.45, 7) is 0.810. The highest BCUT2D eigenvalue weighted by atomic mass is 16.5. The Balaban J connectivity index is 1.50. The second-order valence-corrected chi connectivity index (χ2v) is 10.1. The first-order valence-electron chi connectivity index (χ1n) is 12.5. The molecule has 3 aliphatic heterocycles. The van der Waals surface area contributed by atoms with E-state index in [1.165, 1.54) is 7.11 Å². The number of hydrogen-bond donors (Lipinski definition) is 0. The van der Waals surface area contributed by atoms with Crippen LogP contribution >= 0.6 is 0 Å². The zero-order valence-electron chi connectivity index (χ0n) is 21.2. The van der Waals surface area contributed by atoms with E-state index in [0.29, 0.717) is 6.54 Å². The van der Waals surface area contributed by atoms with Crippen molar-refractivity contribution in [3.8, 4) is 11.5 Å². The van der Waals surface area contributed by atoms with Crippen LogP contribution in [0.3, 0.4) is 0 Å². The molecule has 5 atom stereocenters. The highest BCUT2D eigenvalue weighted by molar-refractivity contribution is 6.07. The summed E-state index contributed by atoms with van der Waals surface area (Å²) in [4.78, 5) is 31.7. The molecule has 3 heterocycles. The minimum atomic E-state index is -0.971. The van der Waals surface area contributed by atoms with Gasteiger partial charge in [0.25, 0.3) is 0 Å². The quantitative estimate of drug-likeness (QED) is 0.391. The van der Waals surface area contributed by atoms with Gasteiger partial charge in [-0.2, -0.15) is 0 Å². The molecule has 37 heavy (non-hydrogen) atoms. The van der Waals surface area contributed by atoms with E-state index >= 15 is 0 Å². The molecule has 2 fully saturated rings. The summed E-state index contributed by atoms with van der Waals surface area (Å²) in [5, 5.41) is 0. The van der Waals surface area contributed by atoms with Crippen LogP contribution < -0.4 is 14.4 Å². The van der Waals surface area contributed by atoms with Gasteiger partial charge in [0.2, 0.25) is 5.91 Å². The van der Waals surface area contributed by atoms with Gasteiger partial charge in [-0.15, -0.1) is 0 Å². The van der Waals surface area contributed by atoms with Crippen molar-refractivity contribution < 1.29 is 23.8 Å². The first-order chi connectivity index (χ1) is 18.0. The van der Waals surface area contributed by atoms with Crippen LogP contribution in [0.1, 0.15) is 23.1 Å². The van der Waals surface area contributed by atoms with Gasteiger partial charge in [0.05, 0.1) is 32.2 Å². The Morgan fingerprint density at radius 3 is 2.38 bits per heavy atom. The van der Waals surface area contributed by atoms with E-state index in [4.69, 9.17) is 14.2 Å². The van der Waals surface area contributed by atoms with Gasteiger partial charge in [0.1, 0.15) is 23.5 Å². The molecule has 7 heteroatoms. The van der Waals surface area contributed by atoms with Crippen LogP contribution in [0.25, 0.3) is 0 Å². The Labute approximate surface area is 216 Å². The molecule has 2 saturated heterocycles. The molecular weight excluding hydrogens is 468 g/mol. The molecule has 0 unspecified atom stereocenters. The first kappa shape index (κ1) is 23.6. The van der Waals surface area contributed by atoms with E-state index < -0.39 is 5.41 Å². The number of hydrogen-bond acceptors (Lipinski definition) is 6. The molecule has 0 aromatic heterocycles. The fourth-order valence-electron chi connectivity index (χ4n) is 6.80. The van der Waals surface area contributed by atoms with E-state index in [1.807, 2.05) is 90.8 Å². The van der Waals surface area contributed by atoms with Gasteiger partial charge in [-0.3, -0.25) is 14.5 Å². The number of para-hydroxylation sites is 1. The lowest BCUT2D eigenvalue weighted by atomic mass is 9.62. The Bertz CT molecular complexity index is 1330. The molecule has 190 valence electrons. The average molecular weight is 499 g/mol. The standard InChI is InChI=1S/C30H30N2O5/c1-31-17-23(30(29(34)36-3)18-37-24-12-8-7-11-22(24)27(30)31)26-25(19-9-5-4-6-10-19)28(33)32(26)20-13-15-21(35-2)16-14-20/h4-16,23,25-27H,17-18H2,1-3H3/t23-,25-,26-,27-,30+/m0/s1. The number of esters is 1. The number of carbonyl (C=O) groups is 2. The summed E-state index contributed by atoms with van der Waals surface area (Å²) in [6, 6.07) is 24.8. The van der Waals surface area contributed by atoms with Gasteiger partial charge in [-0.25, -0.2) is 0 Å². The minimum absolute atomic E-state index is 0.0182. The van der Waals surface area contributed by atoms with Crippen LogP contribution in [-0.2, 0) is 14.3 Å². The SMILES string of the molecule is COC(=O)[C@@]12COc3ccccc3[C@@H]1N(C)C[C@H]2[C@H]1[C@H](c2ccccc2)C(=O)N1c1ccc(OC)cc1. The summed E-state index contributed by atoms with van der Waals surface area (Å²) in [6.07, 6.45) is 0. The van der Waals surface area contributed by atoms with Gasteiger partial charge < -0.3 is 19.1 Å². The number of carbonyl (C=O) groups excluding carboxylic acids is 2. The van der Waals surface area contributed by atoms with Crippen molar-refractivity contribution in [1.29, 1.82) is 0 Å². The minimum Gasteiger partial charge on any atom is -0.497 e. The number of ether oxygens (including phenoxy) is 3. The third-order valence-electron chi connectivity index (χ3n) is 8.39. The molecule has 1 amide bonds. The molecule has 7 nitrogen and oxygen atoms in total. The molecule has 6 rings (SSSR count). The maximum absolute atomic E-state index is 13.8. The first-order valence-corrected chi connectivity index (χ1v) is 12.5. The molecule has 3 aliphatic rings. The number of methoxy groups -OCH3 is 2. The number of nitrogens with zero attached hydrogens (tertiary/aromatic N) is 2. The molecule has 0 bridgehead atoms. The maximum atomic E-state index is 13.8. The number of amides is 1. The van der Waals surface area contributed by atoms with Gasteiger partial charge in [0, 0.05) is 23.7 Å². The van der Waals surface area contributed by atoms with Crippen molar-refractivity contribution in [2.75, 3.05) is 39.3 Å². The van der Waals surface area contributed by atoms with Crippen molar-refractivity contribution >= 4 is 17.6 Å². The van der Waals surface area contributed by atoms with Crippen LogP contribution in [-0.4, -0.2) is 57.2 Å². The maximum Gasteiger partial charge on any atom is 0.317 e. The monoisotopic (exact) mass is 498 g/mol. The lowest BCUT2D eigenvalue weighted by Crippen LogP contribution is -2.67. The second-order valence-electron chi connectivity index (χ2n) is 10.1. The van der Waals surface area contributed by atoms with Crippen molar-refractivity contribution in [3.05, 3.63) is 90.0 Å². The lowest BCUT2D eigenvalue weighted by molar-refractivity contribution is -0.163. The Morgan fingerprint density at radius 2 is 1.68 bits per heavy atom. The lowest BCUT2D eigenvalue weighted by Gasteiger charge is -2.54. The largest absolute Gasteiger partial charge is 0.497 e. The second kappa shape index (κ2) is 8.92. The Kier molecular flexibility index (Phi) is 5.68. The Hall–Kier alpha value is -3.84. The summed E-state index contributed by atoms with van der Waals surface area (Å²) < 4.78 is 17.1. The van der Waals surface area contributed by atoms with Gasteiger partial charge >= 0.3 is 5.97 Å². The molecular formula is C30H30N2O5. The molecule has 0 spiro atoms. The zero-order valence-corrected chi connectivity index (χ0v) is 21.2. The third-order valence-corrected chi connectivity index (χ3v) is 8.39. The predicted octanol–water partition coefficient (Wildman–Crippen LogP) is 4.05. The van der Waals surface area contributed by atoms with Crippen LogP contribution in [0.15, 0.2) is 78.9 Å². The van der Waals surface area contributed by atoms with Crippen LogP contribution in [0.4, 0.5) is 5.69 Å². The van der Waals surface area contributed by atoms with Crippen LogP contribution in [0.2, 0.25) is 0 Å². The topological polar surface area (TPSA) is 68.3 Å². The van der Waals surface area contributed by atoms with Crippen molar-refractivity contribution in [2.45, 2.75) is 18.0 Å². The molecule has 0 radical (unpaired) electrons. The van der Waals surface area contributed by atoms with E-state index in [9.17, 15) is 9.59 Å². The molecule has 0 saturated carbocycles. The van der Waals surface area contributed by atoms with Gasteiger partial charge in [0.15, 0.2) is 0 Å². The van der Waals surface area contributed by atoms with Crippen molar-refractivity contribution in [2.24, 2.45) is 11.3 Å². The fraction of sp³-hybridized carbons (Fsp3) is 0.333. The average Bonchev–Trinajstić information content (AvgIpc) is 3.25. The summed E-state index contributed by atoms with van der Waals surface area (Å²) in [5.41, 5.74) is 1.74. The number of rotatable bonds is 5. The molecule has 3 aromatic rings. The number of benzene rings is 3. The predicted molar refractivity (Wildman–Crippen MR) is 139 cm³/mol. The number of β-lactam (4-membered cyclic amide) rings is 1. The van der Waals surface area contributed by atoms with Gasteiger partial charge in [-0.05, 0) is 42.9 Å². The number of anilines is 1. The zero-order chi connectivity index (χ0) is 25.7. The molecule has 0 aliphatic carbocycles. The molecule has 3 aromatic carbocycles. The van der Waals surface area contributed by atoms with Crippen molar-refractivity contribution in [1.82, 2.24) is 4.90 Å². The number of fused-ring (bicyclic) bond motifs is 3. The summed E-state index contributed by atoms with van der Waals surface area (Å²) in [7, 11) is 5.10. The fourth-order valence-corrected chi connectivity index (χ4v) is 6.80. The van der Waals surface area contributed by atoms with Crippen LogP contribution in [0, 0.1) is 11.3 Å². The summed E-state index contributed by atoms with van der Waals surface area (Å²) >= 11 is 0. The highest BCUT2D eigenvalue weighted by Crippen LogP contribution is 2.60. The van der Waals surface area contributed by atoms with Gasteiger partial charge in [-0.1, -0.05) is 48.5 Å². The molecule has 0 N–H and O–H groups in total. The smallest absolute Gasteiger partial charge is 0.317 e. The van der Waals surface area contributed by atoms with E-state index in [1.54, 1.807) is 7.11 Å².